The first-order valence-corrected chi connectivity index (χ1v) is 7.28. The minimum atomic E-state index is -0.307. The third-order valence-electron chi connectivity index (χ3n) is 3.32. The summed E-state index contributed by atoms with van der Waals surface area (Å²) in [6, 6.07) is 8.94. The fourth-order valence-corrected chi connectivity index (χ4v) is 2.23. The van der Waals surface area contributed by atoms with E-state index in [1.54, 1.807) is 29.2 Å². The molecule has 1 amide bonds. The molecule has 0 aromatic heterocycles. The fraction of sp³-hybridized carbons (Fsp3) is 0.500. The number of carbonyl (C=O) groups is 2. The molecule has 1 heterocycles. The molecular formula is C16H21NO4. The van der Waals surface area contributed by atoms with Crippen LogP contribution in [0.4, 0.5) is 4.79 Å². The third kappa shape index (κ3) is 4.48. The molecule has 0 N–H and O–H groups in total. The summed E-state index contributed by atoms with van der Waals surface area (Å²) in [5, 5.41) is 0. The lowest BCUT2D eigenvalue weighted by Crippen LogP contribution is -2.42. The van der Waals surface area contributed by atoms with E-state index in [0.717, 1.165) is 0 Å². The number of hydrogen-bond donors (Lipinski definition) is 0. The van der Waals surface area contributed by atoms with Gasteiger partial charge in [-0.1, -0.05) is 18.2 Å². The van der Waals surface area contributed by atoms with Crippen molar-refractivity contribution in [2.24, 2.45) is 0 Å². The second-order valence-electron chi connectivity index (χ2n) is 5.39. The highest BCUT2D eigenvalue weighted by Gasteiger charge is 2.26. The van der Waals surface area contributed by atoms with E-state index in [9.17, 15) is 9.59 Å². The number of piperidine rings is 1. The lowest BCUT2D eigenvalue weighted by Gasteiger charge is -2.31. The van der Waals surface area contributed by atoms with Gasteiger partial charge in [0.05, 0.1) is 11.7 Å². The quantitative estimate of drug-likeness (QED) is 0.804. The minimum absolute atomic E-state index is 0.119. The summed E-state index contributed by atoms with van der Waals surface area (Å²) in [7, 11) is 0. The maximum Gasteiger partial charge on any atom is 0.410 e. The van der Waals surface area contributed by atoms with E-state index >= 15 is 0 Å². The molecule has 1 aromatic rings. The van der Waals surface area contributed by atoms with Crippen molar-refractivity contribution < 1.29 is 19.1 Å². The first-order chi connectivity index (χ1) is 10.1. The smallest absolute Gasteiger partial charge is 0.410 e. The molecule has 5 nitrogen and oxygen atoms in total. The monoisotopic (exact) mass is 291 g/mol. The maximum atomic E-state index is 11.9. The van der Waals surface area contributed by atoms with Crippen molar-refractivity contribution in [2.75, 3.05) is 13.1 Å². The second kappa shape index (κ2) is 7.11. The molecule has 2 rings (SSSR count). The molecule has 1 aromatic carbocycles. The van der Waals surface area contributed by atoms with E-state index in [4.69, 9.17) is 9.47 Å². The minimum Gasteiger partial charge on any atom is -0.459 e. The zero-order chi connectivity index (χ0) is 15.2. The molecule has 5 heteroatoms. The van der Waals surface area contributed by atoms with Gasteiger partial charge in [-0.25, -0.2) is 9.59 Å². The van der Waals surface area contributed by atoms with Crippen LogP contribution < -0.4 is 0 Å². The molecular weight excluding hydrogens is 270 g/mol. The van der Waals surface area contributed by atoms with Crippen LogP contribution in [-0.2, 0) is 9.47 Å². The van der Waals surface area contributed by atoms with Gasteiger partial charge >= 0.3 is 12.1 Å². The molecule has 0 saturated carbocycles. The van der Waals surface area contributed by atoms with E-state index in [1.165, 1.54) is 0 Å². The Bertz CT molecular complexity index is 478. The molecule has 0 atom stereocenters. The summed E-state index contributed by atoms with van der Waals surface area (Å²) in [5.41, 5.74) is 0.555. The van der Waals surface area contributed by atoms with Crippen molar-refractivity contribution in [3.05, 3.63) is 35.9 Å². The predicted molar refractivity (Wildman–Crippen MR) is 78.1 cm³/mol. The fourth-order valence-electron chi connectivity index (χ4n) is 2.23. The first kappa shape index (κ1) is 15.4. The van der Waals surface area contributed by atoms with Gasteiger partial charge in [0.15, 0.2) is 0 Å². The molecule has 0 bridgehead atoms. The van der Waals surface area contributed by atoms with Crippen LogP contribution in [0, 0.1) is 0 Å². The molecule has 0 aliphatic carbocycles. The standard InChI is InChI=1S/C16H21NO4/c1-12(2)20-16(19)17-10-8-14(9-11-17)21-15(18)13-6-4-3-5-7-13/h3-7,12,14H,8-11H2,1-2H3. The Morgan fingerprint density at radius 3 is 2.33 bits per heavy atom. The van der Waals surface area contributed by atoms with Crippen LogP contribution in [0.25, 0.3) is 0 Å². The average Bonchev–Trinajstić information content (AvgIpc) is 2.48. The van der Waals surface area contributed by atoms with Gasteiger partial charge in [-0.3, -0.25) is 0 Å². The lowest BCUT2D eigenvalue weighted by atomic mass is 10.1. The number of benzene rings is 1. The van der Waals surface area contributed by atoms with Crippen molar-refractivity contribution >= 4 is 12.1 Å². The molecule has 0 radical (unpaired) electrons. The number of rotatable bonds is 3. The van der Waals surface area contributed by atoms with Crippen LogP contribution in [0.5, 0.6) is 0 Å². The van der Waals surface area contributed by atoms with Gasteiger partial charge in [0.25, 0.3) is 0 Å². The topological polar surface area (TPSA) is 55.8 Å². The van der Waals surface area contributed by atoms with Gasteiger partial charge in [-0.05, 0) is 26.0 Å². The van der Waals surface area contributed by atoms with Gasteiger partial charge < -0.3 is 14.4 Å². The Kier molecular flexibility index (Phi) is 5.20. The van der Waals surface area contributed by atoms with Gasteiger partial charge in [-0.2, -0.15) is 0 Å². The maximum absolute atomic E-state index is 11.9. The van der Waals surface area contributed by atoms with Crippen LogP contribution in [0.2, 0.25) is 0 Å². The number of ether oxygens (including phenoxy) is 2. The Labute approximate surface area is 124 Å². The molecule has 114 valence electrons. The molecule has 1 saturated heterocycles. The van der Waals surface area contributed by atoms with Crippen molar-refractivity contribution in [1.29, 1.82) is 0 Å². The lowest BCUT2D eigenvalue weighted by molar-refractivity contribution is 0.00815. The molecule has 0 spiro atoms. The summed E-state index contributed by atoms with van der Waals surface area (Å²) in [5.74, 6) is -0.307. The second-order valence-corrected chi connectivity index (χ2v) is 5.39. The molecule has 1 aliphatic heterocycles. The van der Waals surface area contributed by atoms with Crippen LogP contribution in [0.3, 0.4) is 0 Å². The Morgan fingerprint density at radius 2 is 1.76 bits per heavy atom. The number of hydrogen-bond acceptors (Lipinski definition) is 4. The number of likely N-dealkylation sites (tertiary alicyclic amines) is 1. The van der Waals surface area contributed by atoms with E-state index < -0.39 is 0 Å². The normalized spacial score (nSPS) is 15.9. The van der Waals surface area contributed by atoms with Gasteiger partial charge in [0, 0.05) is 25.9 Å². The van der Waals surface area contributed by atoms with Crippen molar-refractivity contribution in [3.63, 3.8) is 0 Å². The highest BCUT2D eigenvalue weighted by atomic mass is 16.6. The average molecular weight is 291 g/mol. The number of esters is 1. The van der Waals surface area contributed by atoms with Gasteiger partial charge in [0.1, 0.15) is 6.10 Å². The molecule has 0 unspecified atom stereocenters. The number of amides is 1. The Morgan fingerprint density at radius 1 is 1.14 bits per heavy atom. The highest BCUT2D eigenvalue weighted by Crippen LogP contribution is 2.16. The molecule has 1 aliphatic rings. The Hall–Kier alpha value is -2.04. The summed E-state index contributed by atoms with van der Waals surface area (Å²) in [6.45, 7) is 4.76. The SMILES string of the molecule is CC(C)OC(=O)N1CCC(OC(=O)c2ccccc2)CC1. The summed E-state index contributed by atoms with van der Waals surface area (Å²) in [6.07, 6.45) is 0.738. The largest absolute Gasteiger partial charge is 0.459 e. The third-order valence-corrected chi connectivity index (χ3v) is 3.32. The zero-order valence-corrected chi connectivity index (χ0v) is 12.5. The van der Waals surface area contributed by atoms with Crippen molar-refractivity contribution in [2.45, 2.75) is 38.9 Å². The highest BCUT2D eigenvalue weighted by molar-refractivity contribution is 5.89. The summed E-state index contributed by atoms with van der Waals surface area (Å²) in [4.78, 5) is 25.4. The predicted octanol–water partition coefficient (Wildman–Crippen LogP) is 2.85. The summed E-state index contributed by atoms with van der Waals surface area (Å²) >= 11 is 0. The van der Waals surface area contributed by atoms with E-state index in [1.807, 2.05) is 19.9 Å². The number of carbonyl (C=O) groups excluding carboxylic acids is 2. The summed E-state index contributed by atoms with van der Waals surface area (Å²) < 4.78 is 10.6. The van der Waals surface area contributed by atoms with E-state index in [2.05, 4.69) is 0 Å². The van der Waals surface area contributed by atoms with Gasteiger partial charge in [-0.15, -0.1) is 0 Å². The van der Waals surface area contributed by atoms with Crippen LogP contribution in [0.15, 0.2) is 30.3 Å². The van der Waals surface area contributed by atoms with Crippen molar-refractivity contribution in [1.82, 2.24) is 4.90 Å². The molecule has 1 fully saturated rings. The molecule has 21 heavy (non-hydrogen) atoms. The van der Waals surface area contributed by atoms with E-state index in [-0.39, 0.29) is 24.3 Å². The van der Waals surface area contributed by atoms with Crippen LogP contribution in [0.1, 0.15) is 37.0 Å². The van der Waals surface area contributed by atoms with Crippen LogP contribution >= 0.6 is 0 Å². The number of nitrogens with zero attached hydrogens (tertiary/aromatic N) is 1. The Balaban J connectivity index is 1.79. The van der Waals surface area contributed by atoms with Crippen LogP contribution in [-0.4, -0.2) is 42.3 Å². The van der Waals surface area contributed by atoms with Gasteiger partial charge in [0.2, 0.25) is 0 Å². The zero-order valence-electron chi connectivity index (χ0n) is 12.5. The van der Waals surface area contributed by atoms with Crippen molar-refractivity contribution in [3.8, 4) is 0 Å². The van der Waals surface area contributed by atoms with E-state index in [0.29, 0.717) is 31.5 Å². The first-order valence-electron chi connectivity index (χ1n) is 7.28.